The first-order valence-electron chi connectivity index (χ1n) is 4.04. The molecule has 76 valence electrons. The molecular weight excluding hydrogens is 293 g/mol. The number of alkyl halides is 3. The normalized spacial score (nSPS) is 29.8. The molecule has 5 heteroatoms. The highest BCUT2D eigenvalue weighted by molar-refractivity contribution is 14.1. The summed E-state index contributed by atoms with van der Waals surface area (Å²) in [6.45, 7) is 0. The van der Waals surface area contributed by atoms with E-state index in [9.17, 15) is 13.6 Å². The van der Waals surface area contributed by atoms with Crippen LogP contribution in [0, 0.1) is 11.8 Å². The van der Waals surface area contributed by atoms with Crippen LogP contribution in [0.25, 0.3) is 0 Å². The van der Waals surface area contributed by atoms with Gasteiger partial charge in [-0.15, -0.1) is 0 Å². The second-order valence-corrected chi connectivity index (χ2v) is 4.22. The quantitative estimate of drug-likeness (QED) is 0.452. The highest BCUT2D eigenvalue weighted by Crippen LogP contribution is 2.58. The monoisotopic (exact) mass is 304 g/mol. The minimum atomic E-state index is -2.64. The molecule has 0 unspecified atom stereocenters. The van der Waals surface area contributed by atoms with Crippen molar-refractivity contribution in [3.63, 3.8) is 0 Å². The minimum Gasteiger partial charge on any atom is -0.469 e. The van der Waals surface area contributed by atoms with Gasteiger partial charge in [-0.1, -0.05) is 22.6 Å². The molecule has 0 spiro atoms. The van der Waals surface area contributed by atoms with Gasteiger partial charge in [-0.25, -0.2) is 8.78 Å². The van der Waals surface area contributed by atoms with Crippen molar-refractivity contribution in [1.82, 2.24) is 0 Å². The fraction of sp³-hybridized carbons (Fsp3) is 0.875. The molecule has 2 nitrogen and oxygen atoms in total. The lowest BCUT2D eigenvalue weighted by Gasteiger charge is -1.95. The van der Waals surface area contributed by atoms with Gasteiger partial charge in [0.2, 0.25) is 0 Å². The summed E-state index contributed by atoms with van der Waals surface area (Å²) in [4.78, 5) is 10.7. The first-order chi connectivity index (χ1) is 6.04. The molecule has 1 rings (SSSR count). The van der Waals surface area contributed by atoms with Crippen LogP contribution in [0.15, 0.2) is 0 Å². The van der Waals surface area contributed by atoms with Crippen molar-refractivity contribution in [3.05, 3.63) is 0 Å². The number of hydrogen-bond donors (Lipinski definition) is 0. The summed E-state index contributed by atoms with van der Waals surface area (Å²) < 4.78 is 30.9. The van der Waals surface area contributed by atoms with Crippen molar-refractivity contribution in [2.45, 2.75) is 18.8 Å². The fourth-order valence-electron chi connectivity index (χ4n) is 1.51. The van der Waals surface area contributed by atoms with Crippen LogP contribution in [0.4, 0.5) is 8.78 Å². The lowest BCUT2D eigenvalue weighted by Crippen LogP contribution is -2.04. The number of ether oxygens (including phenoxy) is 1. The Morgan fingerprint density at radius 3 is 2.62 bits per heavy atom. The third-order valence-corrected chi connectivity index (χ3v) is 3.02. The second kappa shape index (κ2) is 4.06. The van der Waals surface area contributed by atoms with E-state index < -0.39 is 23.7 Å². The van der Waals surface area contributed by atoms with Crippen LogP contribution in [0.2, 0.25) is 0 Å². The molecule has 0 saturated heterocycles. The van der Waals surface area contributed by atoms with Crippen LogP contribution in [0.5, 0.6) is 0 Å². The van der Waals surface area contributed by atoms with Gasteiger partial charge in [-0.3, -0.25) is 4.79 Å². The molecule has 1 saturated carbocycles. The molecule has 0 bridgehead atoms. The van der Waals surface area contributed by atoms with E-state index in [0.717, 1.165) is 0 Å². The number of rotatable bonds is 4. The van der Waals surface area contributed by atoms with Gasteiger partial charge >= 0.3 is 5.97 Å². The summed E-state index contributed by atoms with van der Waals surface area (Å²) in [6.07, 6.45) is 0.333. The molecule has 1 aliphatic rings. The topological polar surface area (TPSA) is 26.3 Å². The molecule has 0 N–H and O–H groups in total. The Kier molecular flexibility index (Phi) is 3.48. The van der Waals surface area contributed by atoms with Crippen LogP contribution in [-0.4, -0.2) is 23.4 Å². The molecule has 2 atom stereocenters. The molecule has 0 aromatic rings. The van der Waals surface area contributed by atoms with Crippen LogP contribution < -0.4 is 0 Å². The zero-order valence-electron chi connectivity index (χ0n) is 7.23. The predicted octanol–water partition coefficient (Wildman–Crippen LogP) is 2.26. The molecular formula is C8H11F2IO2. The number of halogens is 3. The first kappa shape index (κ1) is 11.1. The smallest absolute Gasteiger partial charge is 0.306 e. The van der Waals surface area contributed by atoms with Gasteiger partial charge in [-0.2, -0.15) is 0 Å². The molecule has 0 heterocycles. The molecule has 0 aromatic heterocycles. The molecule has 1 fully saturated rings. The summed E-state index contributed by atoms with van der Waals surface area (Å²) >= 11 is 2.06. The van der Waals surface area contributed by atoms with Crippen molar-refractivity contribution in [1.29, 1.82) is 0 Å². The molecule has 0 aliphatic heterocycles. The van der Waals surface area contributed by atoms with Gasteiger partial charge in [0, 0.05) is 16.3 Å². The average Bonchev–Trinajstić information content (AvgIpc) is 2.56. The minimum absolute atomic E-state index is 0.148. The van der Waals surface area contributed by atoms with E-state index in [-0.39, 0.29) is 6.42 Å². The van der Waals surface area contributed by atoms with Crippen molar-refractivity contribution in [2.24, 2.45) is 11.8 Å². The number of methoxy groups -OCH3 is 1. The van der Waals surface area contributed by atoms with Crippen molar-refractivity contribution < 1.29 is 18.3 Å². The predicted molar refractivity (Wildman–Crippen MR) is 52.1 cm³/mol. The lowest BCUT2D eigenvalue weighted by atomic mass is 10.2. The maximum absolute atomic E-state index is 12.9. The maximum atomic E-state index is 12.9. The number of carbonyl (C=O) groups is 1. The Morgan fingerprint density at radius 2 is 2.15 bits per heavy atom. The molecule has 1 aliphatic carbocycles. The van der Waals surface area contributed by atoms with Gasteiger partial charge in [-0.05, 0) is 6.42 Å². The SMILES string of the molecule is COC(=O)C[C@@H]1[C@@H](CCI)C1(F)F. The van der Waals surface area contributed by atoms with Crippen molar-refractivity contribution in [2.75, 3.05) is 11.5 Å². The molecule has 0 amide bonds. The lowest BCUT2D eigenvalue weighted by molar-refractivity contribution is -0.141. The van der Waals surface area contributed by atoms with E-state index in [0.29, 0.717) is 10.8 Å². The van der Waals surface area contributed by atoms with Gasteiger partial charge < -0.3 is 4.74 Å². The van der Waals surface area contributed by atoms with Crippen LogP contribution in [0.3, 0.4) is 0 Å². The molecule has 0 radical (unpaired) electrons. The third kappa shape index (κ3) is 2.30. The summed E-state index contributed by atoms with van der Waals surface area (Å²) in [5, 5.41) is 0. The summed E-state index contributed by atoms with van der Waals surface area (Å²) in [5.41, 5.74) is 0. The Bertz CT molecular complexity index is 208. The Hall–Kier alpha value is 0.0600. The van der Waals surface area contributed by atoms with Crippen LogP contribution >= 0.6 is 22.6 Å². The van der Waals surface area contributed by atoms with E-state index in [2.05, 4.69) is 27.3 Å². The van der Waals surface area contributed by atoms with Gasteiger partial charge in [0.05, 0.1) is 13.5 Å². The number of carbonyl (C=O) groups excluding carboxylic acids is 1. The standard InChI is InChI=1S/C8H11F2IO2/c1-13-7(12)4-6-5(2-3-11)8(6,9)10/h5-6H,2-4H2,1H3/t5-,6-/m1/s1. The average molecular weight is 304 g/mol. The Morgan fingerprint density at radius 1 is 1.54 bits per heavy atom. The zero-order valence-corrected chi connectivity index (χ0v) is 9.38. The zero-order chi connectivity index (χ0) is 10.1. The summed E-state index contributed by atoms with van der Waals surface area (Å²) in [6, 6.07) is 0. The second-order valence-electron chi connectivity index (χ2n) is 3.15. The van der Waals surface area contributed by atoms with Gasteiger partial charge in [0.25, 0.3) is 5.92 Å². The first-order valence-corrected chi connectivity index (χ1v) is 5.57. The molecule has 13 heavy (non-hydrogen) atoms. The van der Waals surface area contributed by atoms with Gasteiger partial charge in [0.15, 0.2) is 0 Å². The van der Waals surface area contributed by atoms with E-state index in [1.54, 1.807) is 0 Å². The Balaban J connectivity index is 2.41. The van der Waals surface area contributed by atoms with E-state index in [4.69, 9.17) is 0 Å². The van der Waals surface area contributed by atoms with Crippen LogP contribution in [-0.2, 0) is 9.53 Å². The van der Waals surface area contributed by atoms with E-state index in [1.165, 1.54) is 7.11 Å². The largest absolute Gasteiger partial charge is 0.469 e. The van der Waals surface area contributed by atoms with E-state index in [1.807, 2.05) is 0 Å². The maximum Gasteiger partial charge on any atom is 0.306 e. The van der Waals surface area contributed by atoms with Gasteiger partial charge in [0.1, 0.15) is 0 Å². The highest BCUT2D eigenvalue weighted by atomic mass is 127. The summed E-state index contributed by atoms with van der Waals surface area (Å²) in [5.74, 6) is -4.57. The molecule has 0 aromatic carbocycles. The summed E-state index contributed by atoms with van der Waals surface area (Å²) in [7, 11) is 1.22. The van der Waals surface area contributed by atoms with Crippen molar-refractivity contribution >= 4 is 28.6 Å². The third-order valence-electron chi connectivity index (χ3n) is 2.40. The van der Waals surface area contributed by atoms with Crippen LogP contribution in [0.1, 0.15) is 12.8 Å². The van der Waals surface area contributed by atoms with E-state index >= 15 is 0 Å². The highest BCUT2D eigenvalue weighted by Gasteiger charge is 2.67. The number of hydrogen-bond acceptors (Lipinski definition) is 2. The number of esters is 1. The Labute approximate surface area is 89.2 Å². The fourth-order valence-corrected chi connectivity index (χ4v) is 2.18. The van der Waals surface area contributed by atoms with Crippen molar-refractivity contribution in [3.8, 4) is 0 Å².